The van der Waals surface area contributed by atoms with Crippen LogP contribution in [0.2, 0.25) is 0 Å². The number of allylic oxidation sites excluding steroid dienone is 3. The minimum atomic E-state index is -0.101. The summed E-state index contributed by atoms with van der Waals surface area (Å²) in [6.45, 7) is 12.6. The normalized spacial score (nSPS) is 13.2. The highest BCUT2D eigenvalue weighted by Crippen LogP contribution is 2.25. The molecule has 0 aromatic heterocycles. The Balaban J connectivity index is 2.52. The van der Waals surface area contributed by atoms with Gasteiger partial charge in [0.15, 0.2) is 0 Å². The molecule has 0 radical (unpaired) electrons. The van der Waals surface area contributed by atoms with Crippen molar-refractivity contribution in [1.82, 2.24) is 0 Å². The second-order valence-electron chi connectivity index (χ2n) is 6.55. The molecular formula is C21H31F. The SMILES string of the molecule is C=C(CCC(CCC)C/C(C)=C/C)Cc1ccc(C)cc1F. The molecule has 122 valence electrons. The second kappa shape index (κ2) is 9.61. The number of benzene rings is 1. The molecule has 1 rings (SSSR count). The lowest BCUT2D eigenvalue weighted by Gasteiger charge is -2.17. The average Bonchev–Trinajstić information content (AvgIpc) is 2.47. The Labute approximate surface area is 136 Å². The zero-order valence-corrected chi connectivity index (χ0v) is 14.7. The van der Waals surface area contributed by atoms with Crippen molar-refractivity contribution in [1.29, 1.82) is 0 Å². The Morgan fingerprint density at radius 2 is 2.05 bits per heavy atom. The molecule has 1 heteroatoms. The van der Waals surface area contributed by atoms with Gasteiger partial charge < -0.3 is 0 Å². The fraction of sp³-hybridized carbons (Fsp3) is 0.524. The third-order valence-electron chi connectivity index (χ3n) is 4.36. The van der Waals surface area contributed by atoms with Gasteiger partial charge in [-0.2, -0.15) is 0 Å². The van der Waals surface area contributed by atoms with Gasteiger partial charge in [-0.3, -0.25) is 0 Å². The Morgan fingerprint density at radius 1 is 1.32 bits per heavy atom. The fourth-order valence-electron chi connectivity index (χ4n) is 2.89. The molecule has 1 aromatic rings. The lowest BCUT2D eigenvalue weighted by Crippen LogP contribution is -2.03. The van der Waals surface area contributed by atoms with E-state index < -0.39 is 0 Å². The summed E-state index contributed by atoms with van der Waals surface area (Å²) in [5.41, 5.74) is 4.35. The summed E-state index contributed by atoms with van der Waals surface area (Å²) in [6.07, 6.45) is 8.68. The van der Waals surface area contributed by atoms with Gasteiger partial charge in [-0.25, -0.2) is 4.39 Å². The summed E-state index contributed by atoms with van der Waals surface area (Å²) in [6, 6.07) is 5.47. The van der Waals surface area contributed by atoms with E-state index in [0.29, 0.717) is 6.42 Å². The molecule has 0 aliphatic rings. The molecule has 22 heavy (non-hydrogen) atoms. The molecule has 0 aliphatic carbocycles. The quantitative estimate of drug-likeness (QED) is 0.441. The van der Waals surface area contributed by atoms with Crippen molar-refractivity contribution in [3.63, 3.8) is 0 Å². The van der Waals surface area contributed by atoms with Crippen molar-refractivity contribution in [3.8, 4) is 0 Å². The van der Waals surface area contributed by atoms with Crippen LogP contribution < -0.4 is 0 Å². The van der Waals surface area contributed by atoms with E-state index in [1.54, 1.807) is 6.07 Å². The van der Waals surface area contributed by atoms with E-state index in [0.717, 1.165) is 35.5 Å². The van der Waals surface area contributed by atoms with Crippen LogP contribution in [0.15, 0.2) is 42.0 Å². The van der Waals surface area contributed by atoms with Gasteiger partial charge in [0.2, 0.25) is 0 Å². The lowest BCUT2D eigenvalue weighted by molar-refractivity contribution is 0.439. The van der Waals surface area contributed by atoms with Crippen molar-refractivity contribution >= 4 is 0 Å². The molecule has 0 fully saturated rings. The van der Waals surface area contributed by atoms with Gasteiger partial charge in [-0.1, -0.05) is 55.7 Å². The monoisotopic (exact) mass is 302 g/mol. The number of hydrogen-bond acceptors (Lipinski definition) is 0. The van der Waals surface area contributed by atoms with Crippen molar-refractivity contribution in [2.24, 2.45) is 5.92 Å². The van der Waals surface area contributed by atoms with Crippen LogP contribution in [0.3, 0.4) is 0 Å². The third-order valence-corrected chi connectivity index (χ3v) is 4.36. The van der Waals surface area contributed by atoms with Crippen LogP contribution in [0.1, 0.15) is 64.0 Å². The fourth-order valence-corrected chi connectivity index (χ4v) is 2.89. The maximum absolute atomic E-state index is 13.9. The Morgan fingerprint density at radius 3 is 2.64 bits per heavy atom. The molecule has 0 saturated heterocycles. The molecule has 0 N–H and O–H groups in total. The van der Waals surface area contributed by atoms with Crippen LogP contribution in [0.5, 0.6) is 0 Å². The largest absolute Gasteiger partial charge is 0.207 e. The Hall–Kier alpha value is -1.37. The van der Waals surface area contributed by atoms with Gasteiger partial charge in [-0.05, 0) is 69.6 Å². The molecule has 0 aliphatic heterocycles. The summed E-state index contributed by atoms with van der Waals surface area (Å²) in [5, 5.41) is 0. The molecule has 0 bridgehead atoms. The van der Waals surface area contributed by atoms with Crippen LogP contribution >= 0.6 is 0 Å². The van der Waals surface area contributed by atoms with Crippen LogP contribution in [0.25, 0.3) is 0 Å². The van der Waals surface area contributed by atoms with Crippen LogP contribution in [-0.4, -0.2) is 0 Å². The van der Waals surface area contributed by atoms with Crippen molar-refractivity contribution in [2.75, 3.05) is 0 Å². The molecule has 1 atom stereocenters. The molecular weight excluding hydrogens is 271 g/mol. The van der Waals surface area contributed by atoms with Crippen LogP contribution in [-0.2, 0) is 6.42 Å². The molecule has 1 unspecified atom stereocenters. The number of halogens is 1. The third kappa shape index (κ3) is 6.60. The van der Waals surface area contributed by atoms with Crippen molar-refractivity contribution in [2.45, 2.75) is 66.2 Å². The van der Waals surface area contributed by atoms with Gasteiger partial charge in [0.1, 0.15) is 5.82 Å². The molecule has 0 saturated carbocycles. The Kier molecular flexibility index (Phi) is 8.16. The number of rotatable bonds is 9. The van der Waals surface area contributed by atoms with E-state index in [-0.39, 0.29) is 5.82 Å². The van der Waals surface area contributed by atoms with Gasteiger partial charge in [0.25, 0.3) is 0 Å². The summed E-state index contributed by atoms with van der Waals surface area (Å²) in [5.74, 6) is 0.622. The minimum Gasteiger partial charge on any atom is -0.207 e. The molecule has 0 amide bonds. The zero-order valence-electron chi connectivity index (χ0n) is 14.7. The van der Waals surface area contributed by atoms with E-state index in [4.69, 9.17) is 0 Å². The topological polar surface area (TPSA) is 0 Å². The van der Waals surface area contributed by atoms with Crippen LogP contribution in [0, 0.1) is 18.7 Å². The molecule has 0 heterocycles. The highest BCUT2D eigenvalue weighted by Gasteiger charge is 2.10. The van der Waals surface area contributed by atoms with E-state index in [2.05, 4.69) is 33.4 Å². The zero-order chi connectivity index (χ0) is 16.5. The predicted molar refractivity (Wildman–Crippen MR) is 95.7 cm³/mol. The highest BCUT2D eigenvalue weighted by atomic mass is 19.1. The number of hydrogen-bond donors (Lipinski definition) is 0. The molecule has 0 spiro atoms. The minimum absolute atomic E-state index is 0.101. The predicted octanol–water partition coefficient (Wildman–Crippen LogP) is 6.79. The summed E-state index contributed by atoms with van der Waals surface area (Å²) < 4.78 is 13.9. The van der Waals surface area contributed by atoms with Gasteiger partial charge in [0.05, 0.1) is 0 Å². The summed E-state index contributed by atoms with van der Waals surface area (Å²) in [7, 11) is 0. The molecule has 0 nitrogen and oxygen atoms in total. The average molecular weight is 302 g/mol. The first-order valence-corrected chi connectivity index (χ1v) is 8.49. The second-order valence-corrected chi connectivity index (χ2v) is 6.55. The van der Waals surface area contributed by atoms with E-state index in [1.165, 1.54) is 24.8 Å². The summed E-state index contributed by atoms with van der Waals surface area (Å²) >= 11 is 0. The smallest absolute Gasteiger partial charge is 0.126 e. The van der Waals surface area contributed by atoms with Crippen molar-refractivity contribution in [3.05, 3.63) is 58.9 Å². The van der Waals surface area contributed by atoms with Crippen molar-refractivity contribution < 1.29 is 4.39 Å². The highest BCUT2D eigenvalue weighted by molar-refractivity contribution is 5.26. The first kappa shape index (κ1) is 18.7. The Bertz CT molecular complexity index is 511. The van der Waals surface area contributed by atoms with Gasteiger partial charge >= 0.3 is 0 Å². The van der Waals surface area contributed by atoms with Crippen LogP contribution in [0.4, 0.5) is 4.39 Å². The van der Waals surface area contributed by atoms with Gasteiger partial charge in [-0.15, -0.1) is 0 Å². The van der Waals surface area contributed by atoms with Gasteiger partial charge in [0, 0.05) is 0 Å². The first-order valence-electron chi connectivity index (χ1n) is 8.49. The lowest BCUT2D eigenvalue weighted by atomic mass is 9.88. The number of aryl methyl sites for hydroxylation is 1. The van der Waals surface area contributed by atoms with E-state index in [1.807, 2.05) is 19.1 Å². The maximum atomic E-state index is 13.9. The standard InChI is InChI=1S/C21H31F/c1-6-8-19(13-16(3)7-2)11-9-17(4)14-20-12-10-18(5)15-21(20)22/h7,10,12,15,19H,4,6,8-9,11,13-14H2,1-3,5H3/b16-7+. The first-order chi connectivity index (χ1) is 10.5. The van der Waals surface area contributed by atoms with E-state index in [9.17, 15) is 4.39 Å². The van der Waals surface area contributed by atoms with E-state index >= 15 is 0 Å². The maximum Gasteiger partial charge on any atom is 0.126 e. The summed E-state index contributed by atoms with van der Waals surface area (Å²) in [4.78, 5) is 0. The molecule has 1 aromatic carbocycles.